The van der Waals surface area contributed by atoms with E-state index in [1.165, 1.54) is 6.42 Å². The van der Waals surface area contributed by atoms with Gasteiger partial charge in [0.1, 0.15) is 5.75 Å². The zero-order valence-electron chi connectivity index (χ0n) is 16.3. The number of H-pyrrole nitrogens is 1. The van der Waals surface area contributed by atoms with Crippen molar-refractivity contribution in [2.24, 2.45) is 5.41 Å². The third-order valence-corrected chi connectivity index (χ3v) is 5.95. The van der Waals surface area contributed by atoms with Crippen LogP contribution in [0.4, 0.5) is 0 Å². The van der Waals surface area contributed by atoms with E-state index in [2.05, 4.69) is 24.0 Å². The van der Waals surface area contributed by atoms with E-state index in [9.17, 15) is 4.79 Å². The van der Waals surface area contributed by atoms with Gasteiger partial charge < -0.3 is 9.64 Å². The molecule has 7 heteroatoms. The molecular weight excluding hydrogens is 360 g/mol. The Labute approximate surface area is 165 Å². The normalized spacial score (nSPS) is 19.9. The summed E-state index contributed by atoms with van der Waals surface area (Å²) in [6, 6.07) is 7.67. The molecule has 1 fully saturated rings. The van der Waals surface area contributed by atoms with Crippen LogP contribution < -0.4 is 4.74 Å². The summed E-state index contributed by atoms with van der Waals surface area (Å²) in [5, 5.41) is 7.20. The highest BCUT2D eigenvalue weighted by Crippen LogP contribution is 2.32. The Balaban J connectivity index is 1.70. The van der Waals surface area contributed by atoms with Crippen molar-refractivity contribution in [2.75, 3.05) is 20.2 Å². The lowest BCUT2D eigenvalue weighted by atomic mass is 9.79. The lowest BCUT2D eigenvalue weighted by Gasteiger charge is -2.40. The van der Waals surface area contributed by atoms with Crippen molar-refractivity contribution < 1.29 is 9.53 Å². The molecule has 1 aliphatic heterocycles. The summed E-state index contributed by atoms with van der Waals surface area (Å²) < 4.78 is 7.64. The third-order valence-electron chi connectivity index (χ3n) is 5.64. The molecule has 1 amide bonds. The average molecular weight is 389 g/mol. The molecule has 0 radical (unpaired) electrons. The van der Waals surface area contributed by atoms with Gasteiger partial charge in [0.25, 0.3) is 0 Å². The van der Waals surface area contributed by atoms with Gasteiger partial charge in [-0.15, -0.1) is 0 Å². The molecule has 1 aromatic carbocycles. The van der Waals surface area contributed by atoms with E-state index in [1.807, 2.05) is 33.7 Å². The Hall–Kier alpha value is -2.15. The molecule has 0 spiro atoms. The van der Waals surface area contributed by atoms with E-state index in [0.717, 1.165) is 43.1 Å². The Kier molecular flexibility index (Phi) is 5.99. The number of carbonyl (C=O) groups excluding carboxylic acids is 1. The van der Waals surface area contributed by atoms with Gasteiger partial charge in [-0.05, 0) is 61.2 Å². The lowest BCUT2D eigenvalue weighted by molar-refractivity contribution is -0.134. The van der Waals surface area contributed by atoms with Crippen molar-refractivity contribution in [3.63, 3.8) is 0 Å². The van der Waals surface area contributed by atoms with Crippen molar-refractivity contribution in [3.8, 4) is 17.1 Å². The number of rotatable bonds is 6. The van der Waals surface area contributed by atoms with E-state index >= 15 is 0 Å². The van der Waals surface area contributed by atoms with E-state index in [0.29, 0.717) is 17.7 Å². The molecule has 1 atom stereocenters. The van der Waals surface area contributed by atoms with Gasteiger partial charge >= 0.3 is 0 Å². The minimum atomic E-state index is 0.193. The quantitative estimate of drug-likeness (QED) is 0.759. The maximum absolute atomic E-state index is 12.8. The van der Waals surface area contributed by atoms with Crippen LogP contribution in [-0.4, -0.2) is 45.8 Å². The fraction of sp³-hybridized carbons (Fsp3) is 0.550. The minimum absolute atomic E-state index is 0.193. The van der Waals surface area contributed by atoms with Gasteiger partial charge in [0.05, 0.1) is 7.11 Å². The van der Waals surface area contributed by atoms with Gasteiger partial charge in [-0.2, -0.15) is 5.10 Å². The molecule has 1 aromatic heterocycles. The molecule has 1 aliphatic rings. The first kappa shape index (κ1) is 19.6. The highest BCUT2D eigenvalue weighted by molar-refractivity contribution is 7.71. The molecule has 0 unspecified atom stereocenters. The van der Waals surface area contributed by atoms with Crippen LogP contribution in [-0.2, 0) is 11.3 Å². The smallest absolute Gasteiger partial charge is 0.224 e. The van der Waals surface area contributed by atoms with Crippen LogP contribution in [0.3, 0.4) is 0 Å². The first-order chi connectivity index (χ1) is 13.0. The largest absolute Gasteiger partial charge is 0.497 e. The number of nitrogens with one attached hydrogen (secondary N) is 1. The Morgan fingerprint density at radius 1 is 1.37 bits per heavy atom. The molecule has 1 N–H and O–H groups in total. The molecule has 2 aromatic rings. The summed E-state index contributed by atoms with van der Waals surface area (Å²) in [7, 11) is 1.64. The van der Waals surface area contributed by atoms with Crippen molar-refractivity contribution >= 4 is 18.1 Å². The van der Waals surface area contributed by atoms with Crippen LogP contribution in [0.2, 0.25) is 0 Å². The summed E-state index contributed by atoms with van der Waals surface area (Å²) in [5.74, 6) is 1.73. The van der Waals surface area contributed by atoms with Crippen LogP contribution in [0.25, 0.3) is 11.4 Å². The van der Waals surface area contributed by atoms with Gasteiger partial charge in [0.2, 0.25) is 5.91 Å². The number of hydrogen-bond donors (Lipinski definition) is 1. The fourth-order valence-electron chi connectivity index (χ4n) is 3.67. The van der Waals surface area contributed by atoms with Gasteiger partial charge in [-0.1, -0.05) is 13.8 Å². The maximum atomic E-state index is 12.8. The topological polar surface area (TPSA) is 63.1 Å². The van der Waals surface area contributed by atoms with Gasteiger partial charge in [-0.25, -0.2) is 0 Å². The zero-order chi connectivity index (χ0) is 19.4. The maximum Gasteiger partial charge on any atom is 0.224 e. The summed E-state index contributed by atoms with van der Waals surface area (Å²) in [6.45, 7) is 6.72. The predicted octanol–water partition coefficient (Wildman–Crippen LogP) is 4.05. The second-order valence-electron chi connectivity index (χ2n) is 7.57. The van der Waals surface area contributed by atoms with Crippen LogP contribution in [0.5, 0.6) is 5.75 Å². The Morgan fingerprint density at radius 2 is 2.11 bits per heavy atom. The van der Waals surface area contributed by atoms with Gasteiger partial charge in [-0.3, -0.25) is 14.5 Å². The summed E-state index contributed by atoms with van der Waals surface area (Å²) in [4.78, 5) is 14.8. The summed E-state index contributed by atoms with van der Waals surface area (Å²) in [6.07, 6.45) is 3.81. The molecule has 2 heterocycles. The number of aromatic nitrogens is 3. The zero-order valence-corrected chi connectivity index (χ0v) is 17.1. The number of carbonyl (C=O) groups is 1. The number of methoxy groups -OCH3 is 1. The first-order valence-electron chi connectivity index (χ1n) is 9.53. The molecule has 0 aliphatic carbocycles. The van der Waals surface area contributed by atoms with Gasteiger partial charge in [0.15, 0.2) is 10.6 Å². The number of ether oxygens (including phenoxy) is 1. The van der Waals surface area contributed by atoms with Crippen LogP contribution in [0.15, 0.2) is 24.3 Å². The highest BCUT2D eigenvalue weighted by atomic mass is 32.1. The molecule has 146 valence electrons. The van der Waals surface area contributed by atoms with Crippen molar-refractivity contribution in [1.82, 2.24) is 19.7 Å². The Bertz CT molecular complexity index is 842. The SMILES string of the molecule is CC[C@@]1(C)CCCN(C(=O)CCn2c(-c3ccc(OC)cc3)n[nH]c2=S)C1. The van der Waals surface area contributed by atoms with E-state index < -0.39 is 0 Å². The molecule has 0 saturated carbocycles. The number of aromatic amines is 1. The Morgan fingerprint density at radius 3 is 2.78 bits per heavy atom. The minimum Gasteiger partial charge on any atom is -0.497 e. The second-order valence-corrected chi connectivity index (χ2v) is 7.95. The molecular formula is C20H28N4O2S. The third kappa shape index (κ3) is 4.40. The summed E-state index contributed by atoms with van der Waals surface area (Å²) >= 11 is 5.38. The average Bonchev–Trinajstić information content (AvgIpc) is 3.06. The van der Waals surface area contributed by atoms with Crippen molar-refractivity contribution in [3.05, 3.63) is 29.0 Å². The van der Waals surface area contributed by atoms with Crippen LogP contribution in [0.1, 0.15) is 39.5 Å². The first-order valence-corrected chi connectivity index (χ1v) is 9.94. The molecule has 1 saturated heterocycles. The number of benzene rings is 1. The predicted molar refractivity (Wildman–Crippen MR) is 108 cm³/mol. The standard InChI is InChI=1S/C20H28N4O2S/c1-4-20(2)11-5-12-23(14-20)17(25)10-13-24-18(21-22-19(24)27)15-6-8-16(26-3)9-7-15/h6-9H,4-5,10-14H2,1-3H3,(H,22,27)/t20-/m0/s1. The number of hydrogen-bond acceptors (Lipinski definition) is 4. The molecule has 3 rings (SSSR count). The number of nitrogens with zero attached hydrogens (tertiary/aromatic N) is 3. The molecule has 6 nitrogen and oxygen atoms in total. The lowest BCUT2D eigenvalue weighted by Crippen LogP contribution is -2.44. The fourth-order valence-corrected chi connectivity index (χ4v) is 3.89. The van der Waals surface area contributed by atoms with E-state index in [-0.39, 0.29) is 11.3 Å². The molecule has 27 heavy (non-hydrogen) atoms. The van der Waals surface area contributed by atoms with Crippen LogP contribution >= 0.6 is 12.2 Å². The monoisotopic (exact) mass is 388 g/mol. The number of likely N-dealkylation sites (tertiary alicyclic amines) is 1. The van der Waals surface area contributed by atoms with Gasteiger partial charge in [0, 0.05) is 31.6 Å². The van der Waals surface area contributed by atoms with Crippen molar-refractivity contribution in [1.29, 1.82) is 0 Å². The van der Waals surface area contributed by atoms with E-state index in [4.69, 9.17) is 17.0 Å². The number of piperidine rings is 1. The summed E-state index contributed by atoms with van der Waals surface area (Å²) in [5.41, 5.74) is 1.18. The molecule has 0 bridgehead atoms. The second kappa shape index (κ2) is 8.25. The number of amides is 1. The van der Waals surface area contributed by atoms with E-state index in [1.54, 1.807) is 7.11 Å². The van der Waals surface area contributed by atoms with Crippen LogP contribution in [0, 0.1) is 10.2 Å². The highest BCUT2D eigenvalue weighted by Gasteiger charge is 2.31. The van der Waals surface area contributed by atoms with Crippen molar-refractivity contribution in [2.45, 2.75) is 46.1 Å².